The van der Waals surface area contributed by atoms with Gasteiger partial charge in [0.05, 0.1) is 22.3 Å². The summed E-state index contributed by atoms with van der Waals surface area (Å²) in [6, 6.07) is 0. The standard InChI is InChI=1S/C46H68O6/c1-5-9-13-17-21-25-29-33-34(30-26-22-18-14-10-6-2)38-42-40(46(50)52-44(38)48)36(32-28-24-20-16-12-8-4)35(31-27-23-19-15-11-7-3)39-41(42)37(33)43(47)51-45(39)49/h5-32H2,1-4H3. The maximum Gasteiger partial charge on any atom is 0.346 e. The summed E-state index contributed by atoms with van der Waals surface area (Å²) in [5.74, 6) is -2.55. The molecule has 288 valence electrons. The average Bonchev–Trinajstić information content (AvgIpc) is 3.12. The third-order valence-electron chi connectivity index (χ3n) is 11.5. The van der Waals surface area contributed by atoms with Gasteiger partial charge in [-0.25, -0.2) is 19.2 Å². The van der Waals surface area contributed by atoms with Gasteiger partial charge in [0.25, 0.3) is 0 Å². The Morgan fingerprint density at radius 3 is 0.692 bits per heavy atom. The van der Waals surface area contributed by atoms with Crippen LogP contribution in [0, 0.1) is 0 Å². The molecule has 0 fully saturated rings. The first-order valence-corrected chi connectivity index (χ1v) is 21.6. The fourth-order valence-corrected chi connectivity index (χ4v) is 8.66. The highest BCUT2D eigenvalue weighted by Crippen LogP contribution is 2.46. The summed E-state index contributed by atoms with van der Waals surface area (Å²) in [6.45, 7) is 8.84. The maximum absolute atomic E-state index is 14.0. The summed E-state index contributed by atoms with van der Waals surface area (Å²) >= 11 is 0. The number of carbonyl (C=O) groups excluding carboxylic acids is 4. The minimum atomic E-state index is -0.638. The van der Waals surface area contributed by atoms with E-state index in [9.17, 15) is 19.2 Å². The van der Waals surface area contributed by atoms with Crippen LogP contribution >= 0.6 is 0 Å². The van der Waals surface area contributed by atoms with Gasteiger partial charge in [-0.05, 0) is 73.6 Å². The molecule has 0 aliphatic carbocycles. The lowest BCUT2D eigenvalue weighted by molar-refractivity contribution is 0.0362. The highest BCUT2D eigenvalue weighted by molar-refractivity contribution is 6.31. The van der Waals surface area contributed by atoms with Crippen molar-refractivity contribution in [3.8, 4) is 0 Å². The van der Waals surface area contributed by atoms with Crippen molar-refractivity contribution in [3.05, 3.63) is 44.5 Å². The number of ether oxygens (including phenoxy) is 2. The van der Waals surface area contributed by atoms with Gasteiger partial charge in [-0.15, -0.1) is 0 Å². The van der Waals surface area contributed by atoms with Crippen LogP contribution < -0.4 is 0 Å². The third kappa shape index (κ3) is 10.6. The lowest BCUT2D eigenvalue weighted by atomic mass is 9.75. The molecular weight excluding hydrogens is 649 g/mol. The number of carbonyl (C=O) groups is 4. The molecule has 0 unspecified atom stereocenters. The van der Waals surface area contributed by atoms with Crippen molar-refractivity contribution >= 4 is 34.6 Å². The molecule has 0 saturated carbocycles. The SMILES string of the molecule is CCCCCCCCc1c(CCCCCCCC)c2c3c(c(CCCCCCCC)c(CCCCCCCC)c4c3c1C(=O)OC4=O)C(=O)OC2=O. The second-order valence-electron chi connectivity index (χ2n) is 15.6. The Morgan fingerprint density at radius 1 is 0.288 bits per heavy atom. The van der Waals surface area contributed by atoms with Crippen LogP contribution in [-0.2, 0) is 35.2 Å². The van der Waals surface area contributed by atoms with Gasteiger partial charge >= 0.3 is 23.9 Å². The predicted molar refractivity (Wildman–Crippen MR) is 212 cm³/mol. The molecule has 0 N–H and O–H groups in total. The number of unbranched alkanes of at least 4 members (excludes halogenated alkanes) is 20. The molecule has 0 bridgehead atoms. The van der Waals surface area contributed by atoms with E-state index in [2.05, 4.69) is 27.7 Å². The van der Waals surface area contributed by atoms with Crippen molar-refractivity contribution in [2.24, 2.45) is 0 Å². The van der Waals surface area contributed by atoms with Crippen LogP contribution in [-0.4, -0.2) is 23.9 Å². The Morgan fingerprint density at radius 2 is 0.481 bits per heavy atom. The van der Waals surface area contributed by atoms with Crippen LogP contribution in [0.2, 0.25) is 0 Å². The lowest BCUT2D eigenvalue weighted by Crippen LogP contribution is -2.31. The molecule has 0 radical (unpaired) electrons. The molecule has 0 atom stereocenters. The van der Waals surface area contributed by atoms with Gasteiger partial charge < -0.3 is 9.47 Å². The minimum absolute atomic E-state index is 0.418. The van der Waals surface area contributed by atoms with Crippen LogP contribution in [0.25, 0.3) is 10.8 Å². The fraction of sp³-hybridized carbons (Fsp3) is 0.696. The van der Waals surface area contributed by atoms with E-state index in [1.54, 1.807) is 0 Å². The molecule has 0 aromatic heterocycles. The highest BCUT2D eigenvalue weighted by Gasteiger charge is 2.42. The van der Waals surface area contributed by atoms with E-state index in [4.69, 9.17) is 9.47 Å². The summed E-state index contributed by atoms with van der Waals surface area (Å²) < 4.78 is 11.3. The van der Waals surface area contributed by atoms with Crippen LogP contribution in [0.3, 0.4) is 0 Å². The van der Waals surface area contributed by atoms with Gasteiger partial charge in [-0.2, -0.15) is 0 Å². The number of benzene rings is 2. The van der Waals surface area contributed by atoms with E-state index in [0.29, 0.717) is 58.7 Å². The molecule has 2 aliphatic heterocycles. The monoisotopic (exact) mass is 717 g/mol. The van der Waals surface area contributed by atoms with E-state index >= 15 is 0 Å². The topological polar surface area (TPSA) is 86.7 Å². The average molecular weight is 717 g/mol. The number of hydrogen-bond donors (Lipinski definition) is 0. The summed E-state index contributed by atoms with van der Waals surface area (Å²) in [7, 11) is 0. The first-order valence-electron chi connectivity index (χ1n) is 21.6. The van der Waals surface area contributed by atoms with E-state index in [1.807, 2.05) is 0 Å². The summed E-state index contributed by atoms with van der Waals surface area (Å²) in [4.78, 5) is 55.9. The van der Waals surface area contributed by atoms with Crippen molar-refractivity contribution in [2.75, 3.05) is 0 Å². The normalized spacial score (nSPS) is 13.7. The number of hydrogen-bond acceptors (Lipinski definition) is 6. The molecule has 2 aliphatic rings. The molecule has 2 aromatic rings. The molecule has 0 amide bonds. The van der Waals surface area contributed by atoms with Crippen LogP contribution in [0.4, 0.5) is 0 Å². The zero-order valence-electron chi connectivity index (χ0n) is 33.2. The number of esters is 4. The Bertz CT molecular complexity index is 1300. The first-order chi connectivity index (χ1) is 25.4. The molecule has 6 nitrogen and oxygen atoms in total. The zero-order valence-corrected chi connectivity index (χ0v) is 33.2. The lowest BCUT2D eigenvalue weighted by Gasteiger charge is -2.31. The van der Waals surface area contributed by atoms with Crippen molar-refractivity contribution in [1.29, 1.82) is 0 Å². The fourth-order valence-electron chi connectivity index (χ4n) is 8.66. The van der Waals surface area contributed by atoms with Gasteiger partial charge in [-0.1, -0.05) is 156 Å². The Hall–Kier alpha value is -3.02. The van der Waals surface area contributed by atoms with Crippen molar-refractivity contribution in [2.45, 2.75) is 207 Å². The minimum Gasteiger partial charge on any atom is -0.386 e. The molecule has 0 spiro atoms. The quantitative estimate of drug-likeness (QED) is 0.0495. The number of rotatable bonds is 28. The van der Waals surface area contributed by atoms with E-state index < -0.39 is 23.9 Å². The van der Waals surface area contributed by atoms with Crippen molar-refractivity contribution < 1.29 is 28.7 Å². The first kappa shape index (κ1) is 41.7. The van der Waals surface area contributed by atoms with Crippen LogP contribution in [0.5, 0.6) is 0 Å². The van der Waals surface area contributed by atoms with Gasteiger partial charge in [0, 0.05) is 10.8 Å². The predicted octanol–water partition coefficient (Wildman–Crippen LogP) is 13.1. The molecule has 2 aromatic carbocycles. The molecule has 4 rings (SSSR count). The number of cyclic esters (lactones) is 4. The van der Waals surface area contributed by atoms with Gasteiger partial charge in [0.1, 0.15) is 0 Å². The molecule has 0 saturated heterocycles. The largest absolute Gasteiger partial charge is 0.386 e. The Kier molecular flexibility index (Phi) is 17.9. The van der Waals surface area contributed by atoms with E-state index in [-0.39, 0.29) is 0 Å². The molecular formula is C46H68O6. The second kappa shape index (κ2) is 22.3. The molecule has 52 heavy (non-hydrogen) atoms. The van der Waals surface area contributed by atoms with Crippen LogP contribution in [0.1, 0.15) is 245 Å². The molecule has 6 heteroatoms. The Balaban J connectivity index is 1.91. The highest BCUT2D eigenvalue weighted by atomic mass is 16.6. The summed E-state index contributed by atoms with van der Waals surface area (Å²) in [5.41, 5.74) is 5.00. The smallest absolute Gasteiger partial charge is 0.346 e. The summed E-state index contributed by atoms with van der Waals surface area (Å²) in [5, 5.41) is 0.966. The van der Waals surface area contributed by atoms with Crippen LogP contribution in [0.15, 0.2) is 0 Å². The Labute approximate surface area is 314 Å². The third-order valence-corrected chi connectivity index (χ3v) is 11.5. The maximum atomic E-state index is 14.0. The second-order valence-corrected chi connectivity index (χ2v) is 15.6. The van der Waals surface area contributed by atoms with Gasteiger partial charge in [0.15, 0.2) is 0 Å². The van der Waals surface area contributed by atoms with Crippen molar-refractivity contribution in [3.63, 3.8) is 0 Å². The summed E-state index contributed by atoms with van der Waals surface area (Å²) in [6.07, 6.45) is 28.8. The van der Waals surface area contributed by atoms with Gasteiger partial charge in [0.2, 0.25) is 0 Å². The van der Waals surface area contributed by atoms with E-state index in [0.717, 1.165) is 99.3 Å². The zero-order chi connectivity index (χ0) is 37.3. The molecule has 2 heterocycles. The van der Waals surface area contributed by atoms with Crippen molar-refractivity contribution in [1.82, 2.24) is 0 Å². The van der Waals surface area contributed by atoms with E-state index in [1.165, 1.54) is 77.0 Å². The van der Waals surface area contributed by atoms with Gasteiger partial charge in [-0.3, -0.25) is 0 Å².